The molecular weight excluding hydrogens is 432 g/mol. The van der Waals surface area contributed by atoms with Crippen molar-refractivity contribution in [3.8, 4) is 27.8 Å². The Hall–Kier alpha value is -3.53. The first-order valence-corrected chi connectivity index (χ1v) is 10.9. The zero-order valence-corrected chi connectivity index (χ0v) is 18.9. The number of hydrogen-bond acceptors (Lipinski definition) is 7. The van der Waals surface area contributed by atoms with Crippen molar-refractivity contribution in [3.63, 3.8) is 0 Å². The fourth-order valence-corrected chi connectivity index (χ4v) is 4.34. The number of methoxy groups -OCH3 is 3. The van der Waals surface area contributed by atoms with Gasteiger partial charge in [-0.2, -0.15) is 5.10 Å². The molecule has 0 radical (unpaired) electrons. The number of ether oxygens (including phenoxy) is 3. The van der Waals surface area contributed by atoms with Crippen molar-refractivity contribution in [2.75, 3.05) is 47.5 Å². The van der Waals surface area contributed by atoms with E-state index in [2.05, 4.69) is 10.2 Å². The molecule has 1 aliphatic heterocycles. The Morgan fingerprint density at radius 1 is 0.938 bits per heavy atom. The van der Waals surface area contributed by atoms with Crippen LogP contribution in [0.15, 0.2) is 35.7 Å². The molecule has 0 unspecified atom stereocenters. The zero-order valence-electron chi connectivity index (χ0n) is 18.1. The molecule has 3 aromatic rings. The van der Waals surface area contributed by atoms with Crippen molar-refractivity contribution in [3.05, 3.63) is 47.0 Å². The van der Waals surface area contributed by atoms with Crippen LogP contribution in [0.2, 0.25) is 0 Å². The van der Waals surface area contributed by atoms with E-state index in [-0.39, 0.29) is 11.8 Å². The van der Waals surface area contributed by atoms with Gasteiger partial charge in [0, 0.05) is 31.7 Å². The van der Waals surface area contributed by atoms with Crippen LogP contribution in [0.5, 0.6) is 17.2 Å². The maximum atomic E-state index is 13.1. The number of H-pyrrole nitrogens is 1. The van der Waals surface area contributed by atoms with Crippen LogP contribution in [0, 0.1) is 0 Å². The van der Waals surface area contributed by atoms with E-state index in [9.17, 15) is 9.59 Å². The molecule has 4 rings (SSSR count). The summed E-state index contributed by atoms with van der Waals surface area (Å²) in [5.74, 6) is 0.969. The van der Waals surface area contributed by atoms with Crippen molar-refractivity contribution < 1.29 is 23.8 Å². The molecule has 0 aliphatic carbocycles. The number of rotatable bonds is 6. The average Bonchev–Trinajstić information content (AvgIpc) is 3.54. The lowest BCUT2D eigenvalue weighted by Gasteiger charge is -2.34. The molecule has 2 aromatic heterocycles. The number of nitrogens with zero attached hydrogens (tertiary/aromatic N) is 3. The van der Waals surface area contributed by atoms with Crippen LogP contribution < -0.4 is 14.2 Å². The van der Waals surface area contributed by atoms with Crippen LogP contribution in [0.3, 0.4) is 0 Å². The quantitative estimate of drug-likeness (QED) is 0.613. The Morgan fingerprint density at radius 2 is 1.56 bits per heavy atom. The highest BCUT2D eigenvalue weighted by Crippen LogP contribution is 2.38. The summed E-state index contributed by atoms with van der Waals surface area (Å²) >= 11 is 1.58. The van der Waals surface area contributed by atoms with E-state index in [0.717, 1.165) is 10.6 Å². The van der Waals surface area contributed by atoms with Gasteiger partial charge in [-0.15, -0.1) is 11.3 Å². The first-order valence-electron chi connectivity index (χ1n) is 10.0. The molecule has 9 nitrogen and oxygen atoms in total. The monoisotopic (exact) mass is 456 g/mol. The van der Waals surface area contributed by atoms with Gasteiger partial charge >= 0.3 is 0 Å². The molecule has 168 valence electrons. The number of aromatic nitrogens is 2. The number of carbonyl (C=O) groups excluding carboxylic acids is 2. The van der Waals surface area contributed by atoms with E-state index < -0.39 is 0 Å². The second-order valence-corrected chi connectivity index (χ2v) is 8.09. The highest BCUT2D eigenvalue weighted by molar-refractivity contribution is 7.13. The Labute approximate surface area is 189 Å². The lowest BCUT2D eigenvalue weighted by Crippen LogP contribution is -2.50. The molecule has 3 heterocycles. The van der Waals surface area contributed by atoms with Gasteiger partial charge in [0.2, 0.25) is 5.75 Å². The SMILES string of the molecule is COc1cc(C(=O)N2CCN(C(=O)c3cc(-c4cccs4)[nH]n3)CC2)cc(OC)c1OC. The molecule has 1 N–H and O–H groups in total. The molecule has 0 saturated carbocycles. The van der Waals surface area contributed by atoms with Crippen LogP contribution in [-0.2, 0) is 0 Å². The Kier molecular flexibility index (Phi) is 6.31. The molecule has 2 amide bonds. The van der Waals surface area contributed by atoms with Crippen molar-refractivity contribution >= 4 is 23.2 Å². The third-order valence-electron chi connectivity index (χ3n) is 5.35. The van der Waals surface area contributed by atoms with E-state index in [0.29, 0.717) is 54.7 Å². The Balaban J connectivity index is 1.42. The molecule has 1 aromatic carbocycles. The number of hydrogen-bond donors (Lipinski definition) is 1. The lowest BCUT2D eigenvalue weighted by atomic mass is 10.1. The maximum absolute atomic E-state index is 13.1. The summed E-state index contributed by atoms with van der Waals surface area (Å²) in [6, 6.07) is 8.96. The number of thiophene rings is 1. The third-order valence-corrected chi connectivity index (χ3v) is 6.25. The topological polar surface area (TPSA) is 97.0 Å². The number of nitrogens with one attached hydrogen (secondary N) is 1. The second-order valence-electron chi connectivity index (χ2n) is 7.14. The third kappa shape index (κ3) is 4.13. The van der Waals surface area contributed by atoms with Gasteiger partial charge in [0.15, 0.2) is 17.2 Å². The highest BCUT2D eigenvalue weighted by Gasteiger charge is 2.28. The van der Waals surface area contributed by atoms with Gasteiger partial charge in [-0.25, -0.2) is 0 Å². The van der Waals surface area contributed by atoms with Gasteiger partial charge in [0.25, 0.3) is 11.8 Å². The Morgan fingerprint density at radius 3 is 2.09 bits per heavy atom. The summed E-state index contributed by atoms with van der Waals surface area (Å²) < 4.78 is 16.0. The molecular formula is C22H24N4O5S. The minimum absolute atomic E-state index is 0.149. The van der Waals surface area contributed by atoms with Gasteiger partial charge in [0.05, 0.1) is 31.9 Å². The molecule has 32 heavy (non-hydrogen) atoms. The number of aromatic amines is 1. The number of benzene rings is 1. The summed E-state index contributed by atoms with van der Waals surface area (Å²) in [5.41, 5.74) is 1.63. The minimum atomic E-state index is -0.156. The predicted octanol–water partition coefficient (Wildman–Crippen LogP) is 2.76. The number of amides is 2. The standard InChI is InChI=1S/C22H24N4O5S/c1-29-17-11-14(12-18(30-2)20(17)31-3)21(27)25-6-8-26(9-7-25)22(28)16-13-15(23-24-16)19-5-4-10-32-19/h4-5,10-13H,6-9H2,1-3H3,(H,23,24). The molecule has 1 aliphatic rings. The van der Waals surface area contributed by atoms with Crippen LogP contribution in [0.4, 0.5) is 0 Å². The lowest BCUT2D eigenvalue weighted by molar-refractivity contribution is 0.0532. The van der Waals surface area contributed by atoms with Crippen LogP contribution in [0.25, 0.3) is 10.6 Å². The molecule has 1 fully saturated rings. The van der Waals surface area contributed by atoms with E-state index in [1.807, 2.05) is 17.5 Å². The molecule has 0 bridgehead atoms. The van der Waals surface area contributed by atoms with Gasteiger partial charge in [-0.1, -0.05) is 6.07 Å². The first kappa shape index (κ1) is 21.7. The normalized spacial score (nSPS) is 13.7. The van der Waals surface area contributed by atoms with Gasteiger partial charge < -0.3 is 24.0 Å². The predicted molar refractivity (Wildman–Crippen MR) is 120 cm³/mol. The van der Waals surface area contributed by atoms with Crippen molar-refractivity contribution in [1.29, 1.82) is 0 Å². The van der Waals surface area contributed by atoms with E-state index in [1.165, 1.54) is 21.3 Å². The first-order chi connectivity index (χ1) is 15.5. The van der Waals surface area contributed by atoms with Crippen LogP contribution in [-0.4, -0.2) is 79.3 Å². The van der Waals surface area contributed by atoms with E-state index in [4.69, 9.17) is 14.2 Å². The van der Waals surface area contributed by atoms with E-state index in [1.54, 1.807) is 39.3 Å². The molecule has 1 saturated heterocycles. The minimum Gasteiger partial charge on any atom is -0.493 e. The average molecular weight is 457 g/mol. The molecule has 10 heteroatoms. The second kappa shape index (κ2) is 9.31. The van der Waals surface area contributed by atoms with E-state index >= 15 is 0 Å². The van der Waals surface area contributed by atoms with Gasteiger partial charge in [-0.05, 0) is 29.6 Å². The van der Waals surface area contributed by atoms with Crippen molar-refractivity contribution in [2.24, 2.45) is 0 Å². The fraction of sp³-hybridized carbons (Fsp3) is 0.318. The van der Waals surface area contributed by atoms with Crippen molar-refractivity contribution in [2.45, 2.75) is 0 Å². The fourth-order valence-electron chi connectivity index (χ4n) is 3.65. The summed E-state index contributed by atoms with van der Waals surface area (Å²) in [6.07, 6.45) is 0. The summed E-state index contributed by atoms with van der Waals surface area (Å²) in [5, 5.41) is 9.07. The summed E-state index contributed by atoms with van der Waals surface area (Å²) in [6.45, 7) is 1.69. The molecule has 0 atom stereocenters. The largest absolute Gasteiger partial charge is 0.493 e. The van der Waals surface area contributed by atoms with Crippen molar-refractivity contribution in [1.82, 2.24) is 20.0 Å². The highest BCUT2D eigenvalue weighted by atomic mass is 32.1. The smallest absolute Gasteiger partial charge is 0.274 e. The molecule has 0 spiro atoms. The number of piperazine rings is 1. The van der Waals surface area contributed by atoms with Gasteiger partial charge in [-0.3, -0.25) is 14.7 Å². The van der Waals surface area contributed by atoms with Gasteiger partial charge in [0.1, 0.15) is 0 Å². The van der Waals surface area contributed by atoms with Crippen LogP contribution >= 0.6 is 11.3 Å². The number of carbonyl (C=O) groups is 2. The summed E-state index contributed by atoms with van der Waals surface area (Å²) in [4.78, 5) is 30.4. The maximum Gasteiger partial charge on any atom is 0.274 e. The zero-order chi connectivity index (χ0) is 22.7. The van der Waals surface area contributed by atoms with Crippen LogP contribution in [0.1, 0.15) is 20.8 Å². The Bertz CT molecular complexity index is 1080. The summed E-state index contributed by atoms with van der Waals surface area (Å²) in [7, 11) is 4.53.